The molecule has 1 fully saturated rings. The van der Waals surface area contributed by atoms with Crippen LogP contribution in [0.5, 0.6) is 0 Å². The van der Waals surface area contributed by atoms with Gasteiger partial charge in [-0.3, -0.25) is 4.68 Å². The van der Waals surface area contributed by atoms with Gasteiger partial charge in [-0.1, -0.05) is 0 Å². The smallest absolute Gasteiger partial charge is 0.248 e. The van der Waals surface area contributed by atoms with Crippen LogP contribution in [0.4, 0.5) is 5.82 Å². The van der Waals surface area contributed by atoms with E-state index in [1.165, 1.54) is 8.99 Å². The molecule has 1 aromatic heterocycles. The Hall–Kier alpha value is -1.12. The fourth-order valence-corrected chi connectivity index (χ4v) is 4.18. The number of hydrogen-bond acceptors (Lipinski definition) is 5. The van der Waals surface area contributed by atoms with Crippen LogP contribution >= 0.6 is 0 Å². The van der Waals surface area contributed by atoms with E-state index in [0.717, 1.165) is 19.4 Å². The van der Waals surface area contributed by atoms with Crippen LogP contribution in [0.15, 0.2) is 4.90 Å². The van der Waals surface area contributed by atoms with E-state index in [9.17, 15) is 8.42 Å². The summed E-state index contributed by atoms with van der Waals surface area (Å²) in [6.45, 7) is 3.21. The first-order valence-electron chi connectivity index (χ1n) is 6.70. The summed E-state index contributed by atoms with van der Waals surface area (Å²) in [5.41, 5.74) is 6.32. The van der Waals surface area contributed by atoms with Gasteiger partial charge in [0.05, 0.1) is 5.69 Å². The molecule has 2 rings (SSSR count). The van der Waals surface area contributed by atoms with E-state index < -0.39 is 10.0 Å². The standard InChI is InChI=1S/C12H23N5O2S/c1-9-11(12(13)14-17(9)4)20(18,19)16(3)8-10-6-5-7-15(10)2/h10H,5-8H2,1-4H3,(H2,13,14). The van der Waals surface area contributed by atoms with E-state index in [0.29, 0.717) is 12.2 Å². The molecule has 1 aromatic rings. The SMILES string of the molecule is Cc1c(S(=O)(=O)N(C)CC2CCCN2C)c(N)nn1C. The molecule has 0 radical (unpaired) electrons. The fourth-order valence-electron chi connectivity index (χ4n) is 2.69. The Labute approximate surface area is 120 Å². The highest BCUT2D eigenvalue weighted by Gasteiger charge is 2.32. The Morgan fingerprint density at radius 2 is 2.10 bits per heavy atom. The summed E-state index contributed by atoms with van der Waals surface area (Å²) in [7, 11) is 1.73. The van der Waals surface area contributed by atoms with Crippen LogP contribution in [0.25, 0.3) is 0 Å². The molecule has 2 N–H and O–H groups in total. The summed E-state index contributed by atoms with van der Waals surface area (Å²) in [5.74, 6) is 0.0663. The molecule has 0 spiro atoms. The van der Waals surface area contributed by atoms with Crippen molar-refractivity contribution >= 4 is 15.8 Å². The Morgan fingerprint density at radius 1 is 1.45 bits per heavy atom. The normalized spacial score (nSPS) is 20.9. The number of sulfonamides is 1. The van der Waals surface area contributed by atoms with Crippen molar-refractivity contribution in [2.45, 2.75) is 30.7 Å². The lowest BCUT2D eigenvalue weighted by atomic mass is 10.2. The third-order valence-corrected chi connectivity index (χ3v) is 6.10. The molecule has 0 saturated carbocycles. The molecule has 1 aliphatic heterocycles. The van der Waals surface area contributed by atoms with Crippen LogP contribution < -0.4 is 5.73 Å². The number of anilines is 1. The lowest BCUT2D eigenvalue weighted by molar-refractivity contribution is 0.271. The number of nitrogen functional groups attached to an aromatic ring is 1. The molecule has 1 saturated heterocycles. The maximum absolute atomic E-state index is 12.7. The van der Waals surface area contributed by atoms with Gasteiger partial charge in [-0.15, -0.1) is 0 Å². The molecule has 0 aromatic carbocycles. The average molecular weight is 301 g/mol. The number of aromatic nitrogens is 2. The summed E-state index contributed by atoms with van der Waals surface area (Å²) < 4.78 is 28.2. The zero-order valence-electron chi connectivity index (χ0n) is 12.5. The van der Waals surface area contributed by atoms with Gasteiger partial charge in [-0.05, 0) is 33.4 Å². The van der Waals surface area contributed by atoms with Crippen LogP contribution in [0.1, 0.15) is 18.5 Å². The molecule has 114 valence electrons. The van der Waals surface area contributed by atoms with Crippen molar-refractivity contribution in [3.05, 3.63) is 5.69 Å². The van der Waals surface area contributed by atoms with Crippen molar-refractivity contribution in [1.29, 1.82) is 0 Å². The molecule has 0 bridgehead atoms. The monoisotopic (exact) mass is 301 g/mol. The average Bonchev–Trinajstić information content (AvgIpc) is 2.84. The lowest BCUT2D eigenvalue weighted by Crippen LogP contribution is -2.39. The van der Waals surface area contributed by atoms with Gasteiger partial charge in [-0.25, -0.2) is 8.42 Å². The second-order valence-corrected chi connectivity index (χ2v) is 7.47. The van der Waals surface area contributed by atoms with Gasteiger partial charge in [0.1, 0.15) is 4.90 Å². The molecule has 1 atom stereocenters. The Morgan fingerprint density at radius 3 is 2.55 bits per heavy atom. The van der Waals surface area contributed by atoms with E-state index in [1.54, 1.807) is 21.0 Å². The molecule has 2 heterocycles. The van der Waals surface area contributed by atoms with Crippen molar-refractivity contribution in [3.63, 3.8) is 0 Å². The van der Waals surface area contributed by atoms with E-state index >= 15 is 0 Å². The molecule has 7 nitrogen and oxygen atoms in total. The number of nitrogens with zero attached hydrogens (tertiary/aromatic N) is 4. The van der Waals surface area contributed by atoms with Crippen molar-refractivity contribution in [2.24, 2.45) is 7.05 Å². The third kappa shape index (κ3) is 2.55. The summed E-state index contributed by atoms with van der Waals surface area (Å²) in [5, 5.41) is 3.98. The van der Waals surface area contributed by atoms with Crippen molar-refractivity contribution in [2.75, 3.05) is 32.9 Å². The molecular formula is C12H23N5O2S. The summed E-state index contributed by atoms with van der Waals surface area (Å²) in [6, 6.07) is 0.271. The van der Waals surface area contributed by atoms with Gasteiger partial charge in [0, 0.05) is 26.7 Å². The zero-order valence-corrected chi connectivity index (χ0v) is 13.3. The first kappa shape index (κ1) is 15.3. The first-order valence-corrected chi connectivity index (χ1v) is 8.14. The number of likely N-dealkylation sites (tertiary alicyclic amines) is 1. The molecule has 8 heteroatoms. The minimum absolute atomic E-state index is 0.0663. The van der Waals surface area contributed by atoms with Gasteiger partial charge < -0.3 is 10.6 Å². The van der Waals surface area contributed by atoms with Gasteiger partial charge in [-0.2, -0.15) is 9.40 Å². The van der Waals surface area contributed by atoms with Crippen molar-refractivity contribution < 1.29 is 8.42 Å². The van der Waals surface area contributed by atoms with Crippen molar-refractivity contribution in [3.8, 4) is 0 Å². The summed E-state index contributed by atoms with van der Waals surface area (Å²) >= 11 is 0. The second kappa shape index (κ2) is 5.34. The largest absolute Gasteiger partial charge is 0.381 e. The third-order valence-electron chi connectivity index (χ3n) is 4.11. The number of hydrogen-bond donors (Lipinski definition) is 1. The lowest BCUT2D eigenvalue weighted by Gasteiger charge is -2.25. The highest BCUT2D eigenvalue weighted by molar-refractivity contribution is 7.89. The highest BCUT2D eigenvalue weighted by atomic mass is 32.2. The van der Waals surface area contributed by atoms with Crippen LogP contribution in [-0.4, -0.2) is 60.6 Å². The second-order valence-electron chi connectivity index (χ2n) is 5.49. The van der Waals surface area contributed by atoms with Gasteiger partial charge in [0.25, 0.3) is 0 Å². The molecular weight excluding hydrogens is 278 g/mol. The number of rotatable bonds is 4. The van der Waals surface area contributed by atoms with Crippen LogP contribution in [-0.2, 0) is 17.1 Å². The topological polar surface area (TPSA) is 84.5 Å². The Balaban J connectivity index is 2.25. The minimum atomic E-state index is -3.59. The molecule has 0 amide bonds. The van der Waals surface area contributed by atoms with Crippen molar-refractivity contribution in [1.82, 2.24) is 19.0 Å². The first-order chi connectivity index (χ1) is 9.25. The minimum Gasteiger partial charge on any atom is -0.381 e. The number of likely N-dealkylation sites (N-methyl/N-ethyl adjacent to an activating group) is 2. The summed E-state index contributed by atoms with van der Waals surface area (Å²) in [6.07, 6.45) is 2.14. The fraction of sp³-hybridized carbons (Fsp3) is 0.750. The van der Waals surface area contributed by atoms with E-state index in [4.69, 9.17) is 5.73 Å². The predicted octanol–water partition coefficient (Wildman–Crippen LogP) is 0.0254. The van der Waals surface area contributed by atoms with Gasteiger partial charge in [0.15, 0.2) is 5.82 Å². The maximum Gasteiger partial charge on any atom is 0.248 e. The molecule has 1 aliphatic rings. The maximum atomic E-state index is 12.7. The quantitative estimate of drug-likeness (QED) is 0.848. The van der Waals surface area contributed by atoms with Gasteiger partial charge >= 0.3 is 0 Å². The molecule has 1 unspecified atom stereocenters. The van der Waals surface area contributed by atoms with Crippen LogP contribution in [0, 0.1) is 6.92 Å². The van der Waals surface area contributed by atoms with Crippen LogP contribution in [0.2, 0.25) is 0 Å². The molecule has 0 aliphatic carbocycles. The van der Waals surface area contributed by atoms with Crippen LogP contribution in [0.3, 0.4) is 0 Å². The van der Waals surface area contributed by atoms with E-state index in [1.807, 2.05) is 7.05 Å². The highest BCUT2D eigenvalue weighted by Crippen LogP contribution is 2.25. The van der Waals surface area contributed by atoms with Gasteiger partial charge in [0.2, 0.25) is 10.0 Å². The Bertz CT molecular complexity index is 595. The van der Waals surface area contributed by atoms with E-state index in [-0.39, 0.29) is 16.8 Å². The Kier molecular flexibility index (Phi) is 4.08. The number of nitrogens with two attached hydrogens (primary N) is 1. The van der Waals surface area contributed by atoms with E-state index in [2.05, 4.69) is 10.00 Å². The summed E-state index contributed by atoms with van der Waals surface area (Å²) in [4.78, 5) is 2.33. The number of aryl methyl sites for hydroxylation is 1. The predicted molar refractivity (Wildman–Crippen MR) is 77.8 cm³/mol. The zero-order chi connectivity index (χ0) is 15.1. The molecule has 20 heavy (non-hydrogen) atoms.